The van der Waals surface area contributed by atoms with Crippen molar-refractivity contribution in [1.29, 1.82) is 0 Å². The van der Waals surface area contributed by atoms with Crippen molar-refractivity contribution in [2.45, 2.75) is 33.1 Å². The summed E-state index contributed by atoms with van der Waals surface area (Å²) in [5.74, 6) is 0.435. The standard InChI is InChI=1S/C11H16O.C6H5N3/c1-8-6-5-7-9(10(8)12)11(2,3)4;1-2-4-6-5(3-1)7-9-8-6/h5-7,12H,1-4H3;1-4H,(H,7,8,9). The van der Waals surface area contributed by atoms with E-state index in [0.717, 1.165) is 22.2 Å². The Hall–Kier alpha value is -2.36. The minimum atomic E-state index is 0.0239. The van der Waals surface area contributed by atoms with Gasteiger partial charge in [-0.3, -0.25) is 0 Å². The topological polar surface area (TPSA) is 61.8 Å². The van der Waals surface area contributed by atoms with Crippen LogP contribution in [-0.2, 0) is 5.41 Å². The smallest absolute Gasteiger partial charge is 0.122 e. The van der Waals surface area contributed by atoms with Gasteiger partial charge in [-0.1, -0.05) is 51.1 Å². The van der Waals surface area contributed by atoms with Gasteiger partial charge in [0.15, 0.2) is 0 Å². The molecule has 21 heavy (non-hydrogen) atoms. The number of phenols is 1. The fraction of sp³-hybridized carbons (Fsp3) is 0.294. The first-order valence-corrected chi connectivity index (χ1v) is 6.94. The summed E-state index contributed by atoms with van der Waals surface area (Å²) in [5, 5.41) is 20.0. The lowest BCUT2D eigenvalue weighted by atomic mass is 9.85. The van der Waals surface area contributed by atoms with Crippen molar-refractivity contribution in [3.8, 4) is 5.75 Å². The number of aromatic hydroxyl groups is 1. The van der Waals surface area contributed by atoms with Gasteiger partial charge in [0.25, 0.3) is 0 Å². The van der Waals surface area contributed by atoms with Gasteiger partial charge in [-0.25, -0.2) is 0 Å². The first kappa shape index (κ1) is 15.0. The fourth-order valence-corrected chi connectivity index (χ4v) is 2.05. The van der Waals surface area contributed by atoms with Crippen LogP contribution in [0.5, 0.6) is 5.75 Å². The summed E-state index contributed by atoms with van der Waals surface area (Å²) in [7, 11) is 0. The zero-order valence-electron chi connectivity index (χ0n) is 12.9. The van der Waals surface area contributed by atoms with Gasteiger partial charge < -0.3 is 5.11 Å². The van der Waals surface area contributed by atoms with Gasteiger partial charge in [-0.15, -0.1) is 0 Å². The Bertz CT molecular complexity index is 696. The summed E-state index contributed by atoms with van der Waals surface area (Å²) < 4.78 is 0. The maximum Gasteiger partial charge on any atom is 0.122 e. The van der Waals surface area contributed by atoms with Crippen molar-refractivity contribution in [3.63, 3.8) is 0 Å². The number of aryl methyl sites for hydroxylation is 1. The highest BCUT2D eigenvalue weighted by Gasteiger charge is 2.18. The maximum atomic E-state index is 9.73. The zero-order chi connectivity index (χ0) is 15.5. The number of nitrogens with zero attached hydrogens (tertiary/aromatic N) is 2. The van der Waals surface area contributed by atoms with Gasteiger partial charge in [-0.05, 0) is 35.6 Å². The van der Waals surface area contributed by atoms with Crippen LogP contribution in [0.3, 0.4) is 0 Å². The molecular weight excluding hydrogens is 262 g/mol. The van der Waals surface area contributed by atoms with Gasteiger partial charge in [0, 0.05) is 0 Å². The van der Waals surface area contributed by atoms with Crippen LogP contribution in [0.2, 0.25) is 0 Å². The molecule has 110 valence electrons. The quantitative estimate of drug-likeness (QED) is 0.656. The minimum Gasteiger partial charge on any atom is -0.507 e. The van der Waals surface area contributed by atoms with E-state index in [-0.39, 0.29) is 5.41 Å². The Morgan fingerprint density at radius 2 is 1.48 bits per heavy atom. The van der Waals surface area contributed by atoms with Gasteiger partial charge in [0.2, 0.25) is 0 Å². The molecule has 0 saturated heterocycles. The molecule has 1 heterocycles. The van der Waals surface area contributed by atoms with Gasteiger partial charge in [-0.2, -0.15) is 15.4 Å². The van der Waals surface area contributed by atoms with Crippen LogP contribution in [-0.4, -0.2) is 20.5 Å². The zero-order valence-corrected chi connectivity index (χ0v) is 12.9. The highest BCUT2D eigenvalue weighted by Crippen LogP contribution is 2.32. The molecule has 0 spiro atoms. The highest BCUT2D eigenvalue weighted by molar-refractivity contribution is 5.72. The molecule has 3 aromatic rings. The molecular formula is C17H21N3O. The van der Waals surface area contributed by atoms with E-state index in [9.17, 15) is 5.11 Å². The third-order valence-electron chi connectivity index (χ3n) is 3.27. The number of nitrogens with one attached hydrogen (secondary N) is 1. The lowest BCUT2D eigenvalue weighted by Gasteiger charge is -2.20. The number of hydrogen-bond donors (Lipinski definition) is 2. The van der Waals surface area contributed by atoms with Gasteiger partial charge >= 0.3 is 0 Å². The summed E-state index contributed by atoms with van der Waals surface area (Å²) >= 11 is 0. The van der Waals surface area contributed by atoms with Crippen molar-refractivity contribution >= 4 is 11.0 Å². The molecule has 4 heteroatoms. The average molecular weight is 283 g/mol. The van der Waals surface area contributed by atoms with Gasteiger partial charge in [0.05, 0.1) is 0 Å². The average Bonchev–Trinajstić information content (AvgIpc) is 2.89. The summed E-state index contributed by atoms with van der Waals surface area (Å²) in [6.07, 6.45) is 0. The van der Waals surface area contributed by atoms with Crippen molar-refractivity contribution in [2.75, 3.05) is 0 Å². The molecule has 4 nitrogen and oxygen atoms in total. The molecule has 3 rings (SSSR count). The van der Waals surface area contributed by atoms with E-state index in [4.69, 9.17) is 0 Å². The van der Waals surface area contributed by atoms with Gasteiger partial charge in [0.1, 0.15) is 16.8 Å². The predicted octanol–water partition coefficient (Wildman–Crippen LogP) is 3.96. The fourth-order valence-electron chi connectivity index (χ4n) is 2.05. The third kappa shape index (κ3) is 3.60. The Balaban J connectivity index is 0.000000159. The maximum absolute atomic E-state index is 9.73. The second-order valence-corrected chi connectivity index (χ2v) is 6.03. The van der Waals surface area contributed by atoms with E-state index >= 15 is 0 Å². The molecule has 0 unspecified atom stereocenters. The molecule has 0 fully saturated rings. The van der Waals surface area contributed by atoms with Crippen LogP contribution in [0.4, 0.5) is 0 Å². The van der Waals surface area contributed by atoms with Crippen LogP contribution in [0.1, 0.15) is 31.9 Å². The Morgan fingerprint density at radius 1 is 0.905 bits per heavy atom. The third-order valence-corrected chi connectivity index (χ3v) is 3.27. The summed E-state index contributed by atoms with van der Waals surface area (Å²) in [4.78, 5) is 0. The minimum absolute atomic E-state index is 0.0239. The van der Waals surface area contributed by atoms with Crippen molar-refractivity contribution < 1.29 is 5.11 Å². The number of H-pyrrole nitrogens is 1. The van der Waals surface area contributed by atoms with E-state index in [1.165, 1.54) is 0 Å². The predicted molar refractivity (Wildman–Crippen MR) is 85.4 cm³/mol. The number of fused-ring (bicyclic) bond motifs is 1. The second kappa shape index (κ2) is 5.95. The first-order chi connectivity index (χ1) is 9.89. The monoisotopic (exact) mass is 283 g/mol. The number of hydrogen-bond acceptors (Lipinski definition) is 3. The summed E-state index contributed by atoms with van der Waals surface area (Å²) in [6, 6.07) is 13.6. The SMILES string of the molecule is Cc1cccc(C(C)(C)C)c1O.c1ccc2n[nH]nc2c1. The van der Waals surface area contributed by atoms with E-state index in [1.54, 1.807) is 0 Å². The molecule has 0 aliphatic heterocycles. The van der Waals surface area contributed by atoms with E-state index in [0.29, 0.717) is 5.75 Å². The molecule has 0 aliphatic carbocycles. The van der Waals surface area contributed by atoms with Crippen LogP contribution in [0, 0.1) is 6.92 Å². The molecule has 0 amide bonds. The molecule has 2 N–H and O–H groups in total. The van der Waals surface area contributed by atoms with Crippen molar-refractivity contribution in [1.82, 2.24) is 15.4 Å². The van der Waals surface area contributed by atoms with Crippen LogP contribution in [0.15, 0.2) is 42.5 Å². The van der Waals surface area contributed by atoms with Crippen LogP contribution >= 0.6 is 0 Å². The highest BCUT2D eigenvalue weighted by atomic mass is 16.3. The van der Waals surface area contributed by atoms with Crippen molar-refractivity contribution in [3.05, 3.63) is 53.6 Å². The molecule has 0 radical (unpaired) electrons. The molecule has 0 bridgehead atoms. The Labute approximate surface area is 124 Å². The lowest BCUT2D eigenvalue weighted by Crippen LogP contribution is -2.11. The van der Waals surface area contributed by atoms with Crippen LogP contribution in [0.25, 0.3) is 11.0 Å². The molecule has 0 aliphatic rings. The molecule has 0 saturated carbocycles. The Kier molecular flexibility index (Phi) is 4.26. The summed E-state index contributed by atoms with van der Waals surface area (Å²) in [6.45, 7) is 8.22. The number of benzene rings is 2. The number of aromatic nitrogens is 3. The number of phenolic OH excluding ortho intramolecular Hbond substituents is 1. The molecule has 1 aromatic heterocycles. The van der Waals surface area contributed by atoms with Crippen molar-refractivity contribution in [2.24, 2.45) is 0 Å². The van der Waals surface area contributed by atoms with Crippen LogP contribution < -0.4 is 0 Å². The number of aromatic amines is 1. The molecule has 2 aromatic carbocycles. The normalized spacial score (nSPS) is 11.0. The van der Waals surface area contributed by atoms with E-state index in [1.807, 2.05) is 49.4 Å². The lowest BCUT2D eigenvalue weighted by molar-refractivity contribution is 0.443. The Morgan fingerprint density at radius 3 is 1.95 bits per heavy atom. The second-order valence-electron chi connectivity index (χ2n) is 6.03. The molecule has 0 atom stereocenters. The van der Waals surface area contributed by atoms with E-state index in [2.05, 4.69) is 36.2 Å². The van der Waals surface area contributed by atoms with E-state index < -0.39 is 0 Å². The number of para-hydroxylation sites is 3. The first-order valence-electron chi connectivity index (χ1n) is 6.94. The summed E-state index contributed by atoms with van der Waals surface area (Å²) in [5.41, 5.74) is 3.82. The number of rotatable bonds is 0. The largest absolute Gasteiger partial charge is 0.507 e.